The minimum Gasteiger partial charge on any atom is -0.311 e. The maximum absolute atomic E-state index is 3.77. The molecular weight excluding hydrogens is 182 g/mol. The summed E-state index contributed by atoms with van der Waals surface area (Å²) in [7, 11) is 0. The van der Waals surface area contributed by atoms with Gasteiger partial charge in [-0.1, -0.05) is 25.5 Å². The Morgan fingerprint density at radius 1 is 1.27 bits per heavy atom. The molecule has 5 unspecified atom stereocenters. The van der Waals surface area contributed by atoms with Gasteiger partial charge >= 0.3 is 0 Å². The van der Waals surface area contributed by atoms with E-state index in [0.29, 0.717) is 12.1 Å². The topological polar surface area (TPSA) is 12.0 Å². The summed E-state index contributed by atoms with van der Waals surface area (Å²) in [6.07, 6.45) is 10.3. The standard InChI is InChI=1S/C14H25N/c1-4-5-10(2)15-11(3)14-9-12-6-7-13(14)8-12/h6-7,10-15H,4-5,8-9H2,1-3H3. The van der Waals surface area contributed by atoms with Crippen LogP contribution in [-0.4, -0.2) is 12.1 Å². The van der Waals surface area contributed by atoms with Gasteiger partial charge in [-0.3, -0.25) is 0 Å². The summed E-state index contributed by atoms with van der Waals surface area (Å²) in [5, 5.41) is 3.77. The van der Waals surface area contributed by atoms with Gasteiger partial charge in [-0.2, -0.15) is 0 Å². The third kappa shape index (κ3) is 2.44. The normalized spacial score (nSPS) is 37.1. The van der Waals surface area contributed by atoms with Crippen LogP contribution in [0.3, 0.4) is 0 Å². The van der Waals surface area contributed by atoms with Crippen molar-refractivity contribution in [2.75, 3.05) is 0 Å². The van der Waals surface area contributed by atoms with Crippen LogP contribution >= 0.6 is 0 Å². The molecule has 1 N–H and O–H groups in total. The highest BCUT2D eigenvalue weighted by atomic mass is 14.9. The molecule has 1 heteroatoms. The van der Waals surface area contributed by atoms with E-state index in [2.05, 4.69) is 38.2 Å². The van der Waals surface area contributed by atoms with Crippen molar-refractivity contribution in [1.82, 2.24) is 5.32 Å². The molecule has 2 bridgehead atoms. The van der Waals surface area contributed by atoms with Crippen molar-refractivity contribution in [1.29, 1.82) is 0 Å². The summed E-state index contributed by atoms with van der Waals surface area (Å²) in [6, 6.07) is 1.39. The van der Waals surface area contributed by atoms with Crippen LogP contribution in [-0.2, 0) is 0 Å². The van der Waals surface area contributed by atoms with Crippen LogP contribution < -0.4 is 5.32 Å². The van der Waals surface area contributed by atoms with E-state index in [4.69, 9.17) is 0 Å². The minimum atomic E-state index is 0.688. The van der Waals surface area contributed by atoms with Crippen molar-refractivity contribution >= 4 is 0 Å². The van der Waals surface area contributed by atoms with Gasteiger partial charge in [-0.05, 0) is 50.9 Å². The molecule has 0 aromatic carbocycles. The first-order valence-corrected chi connectivity index (χ1v) is 6.65. The van der Waals surface area contributed by atoms with E-state index in [0.717, 1.165) is 17.8 Å². The zero-order valence-corrected chi connectivity index (χ0v) is 10.4. The Balaban J connectivity index is 1.81. The van der Waals surface area contributed by atoms with Gasteiger partial charge in [0.15, 0.2) is 0 Å². The summed E-state index contributed by atoms with van der Waals surface area (Å²) in [5.74, 6) is 2.69. The predicted octanol–water partition coefficient (Wildman–Crippen LogP) is 3.37. The number of nitrogens with one attached hydrogen (secondary N) is 1. The van der Waals surface area contributed by atoms with E-state index in [1.165, 1.54) is 25.7 Å². The minimum absolute atomic E-state index is 0.688. The first-order valence-electron chi connectivity index (χ1n) is 6.65. The number of hydrogen-bond donors (Lipinski definition) is 1. The summed E-state index contributed by atoms with van der Waals surface area (Å²) >= 11 is 0. The van der Waals surface area contributed by atoms with E-state index in [1.54, 1.807) is 0 Å². The highest BCUT2D eigenvalue weighted by Gasteiger charge is 2.38. The van der Waals surface area contributed by atoms with Crippen molar-refractivity contribution in [2.24, 2.45) is 17.8 Å². The number of hydrogen-bond acceptors (Lipinski definition) is 1. The van der Waals surface area contributed by atoms with Crippen molar-refractivity contribution in [3.05, 3.63) is 12.2 Å². The maximum atomic E-state index is 3.77. The molecule has 0 aromatic rings. The third-order valence-electron chi connectivity index (χ3n) is 4.24. The molecular formula is C14H25N. The third-order valence-corrected chi connectivity index (χ3v) is 4.24. The van der Waals surface area contributed by atoms with Crippen molar-refractivity contribution in [3.63, 3.8) is 0 Å². The fourth-order valence-electron chi connectivity index (χ4n) is 3.49. The summed E-state index contributed by atoms with van der Waals surface area (Å²) in [6.45, 7) is 6.97. The van der Waals surface area contributed by atoms with Crippen molar-refractivity contribution in [3.8, 4) is 0 Å². The Hall–Kier alpha value is -0.300. The van der Waals surface area contributed by atoms with E-state index in [-0.39, 0.29) is 0 Å². The van der Waals surface area contributed by atoms with Gasteiger partial charge in [0.2, 0.25) is 0 Å². The molecule has 1 nitrogen and oxygen atoms in total. The SMILES string of the molecule is CCCC(C)NC(C)C1CC2C=CC1C2. The van der Waals surface area contributed by atoms with Gasteiger partial charge in [0, 0.05) is 12.1 Å². The Morgan fingerprint density at radius 2 is 2.07 bits per heavy atom. The molecule has 0 aliphatic heterocycles. The van der Waals surface area contributed by atoms with Crippen LogP contribution in [0.4, 0.5) is 0 Å². The van der Waals surface area contributed by atoms with Gasteiger partial charge in [0.1, 0.15) is 0 Å². The smallest absolute Gasteiger partial charge is 0.00753 e. The van der Waals surface area contributed by atoms with Crippen LogP contribution in [0.25, 0.3) is 0 Å². The number of rotatable bonds is 5. The summed E-state index contributed by atoms with van der Waals surface area (Å²) in [4.78, 5) is 0. The first-order chi connectivity index (χ1) is 7.20. The van der Waals surface area contributed by atoms with E-state index in [1.807, 2.05) is 0 Å². The van der Waals surface area contributed by atoms with E-state index in [9.17, 15) is 0 Å². The van der Waals surface area contributed by atoms with Crippen LogP contribution in [0.1, 0.15) is 46.5 Å². The lowest BCUT2D eigenvalue weighted by atomic mass is 9.87. The second-order valence-electron chi connectivity index (χ2n) is 5.59. The Bertz CT molecular complexity index is 233. The lowest BCUT2D eigenvalue weighted by molar-refractivity contribution is 0.300. The zero-order valence-electron chi connectivity index (χ0n) is 10.4. The molecule has 0 saturated heterocycles. The second kappa shape index (κ2) is 4.69. The highest BCUT2D eigenvalue weighted by Crippen LogP contribution is 2.44. The Kier molecular flexibility index (Phi) is 3.50. The molecule has 1 fully saturated rings. The van der Waals surface area contributed by atoms with Gasteiger partial charge in [0.25, 0.3) is 0 Å². The van der Waals surface area contributed by atoms with Gasteiger partial charge in [0.05, 0.1) is 0 Å². The summed E-state index contributed by atoms with van der Waals surface area (Å²) < 4.78 is 0. The quantitative estimate of drug-likeness (QED) is 0.682. The lowest BCUT2D eigenvalue weighted by Gasteiger charge is -2.29. The molecule has 0 radical (unpaired) electrons. The van der Waals surface area contributed by atoms with Crippen LogP contribution in [0.5, 0.6) is 0 Å². The largest absolute Gasteiger partial charge is 0.311 e. The molecule has 2 rings (SSSR count). The second-order valence-corrected chi connectivity index (χ2v) is 5.59. The van der Waals surface area contributed by atoms with Crippen molar-refractivity contribution in [2.45, 2.75) is 58.5 Å². The monoisotopic (exact) mass is 207 g/mol. The van der Waals surface area contributed by atoms with E-state index >= 15 is 0 Å². The van der Waals surface area contributed by atoms with Crippen molar-refractivity contribution < 1.29 is 0 Å². The average molecular weight is 207 g/mol. The average Bonchev–Trinajstić information content (AvgIpc) is 2.78. The van der Waals surface area contributed by atoms with E-state index < -0.39 is 0 Å². The molecule has 1 saturated carbocycles. The highest BCUT2D eigenvalue weighted by molar-refractivity contribution is 5.11. The Labute approximate surface area is 94.3 Å². The van der Waals surface area contributed by atoms with Gasteiger partial charge < -0.3 is 5.32 Å². The zero-order chi connectivity index (χ0) is 10.8. The molecule has 15 heavy (non-hydrogen) atoms. The lowest BCUT2D eigenvalue weighted by Crippen LogP contribution is -2.40. The molecule has 0 spiro atoms. The summed E-state index contributed by atoms with van der Waals surface area (Å²) in [5.41, 5.74) is 0. The predicted molar refractivity (Wildman–Crippen MR) is 65.8 cm³/mol. The molecule has 0 aromatic heterocycles. The molecule has 0 heterocycles. The number of fused-ring (bicyclic) bond motifs is 2. The van der Waals surface area contributed by atoms with Gasteiger partial charge in [-0.25, -0.2) is 0 Å². The molecule has 86 valence electrons. The van der Waals surface area contributed by atoms with Crippen LogP contribution in [0.2, 0.25) is 0 Å². The van der Waals surface area contributed by atoms with Gasteiger partial charge in [-0.15, -0.1) is 0 Å². The molecule has 2 aliphatic rings. The molecule has 5 atom stereocenters. The maximum Gasteiger partial charge on any atom is 0.00753 e. The Morgan fingerprint density at radius 3 is 2.60 bits per heavy atom. The fraction of sp³-hybridized carbons (Fsp3) is 0.857. The number of allylic oxidation sites excluding steroid dienone is 2. The van der Waals surface area contributed by atoms with Crippen LogP contribution in [0, 0.1) is 17.8 Å². The fourth-order valence-corrected chi connectivity index (χ4v) is 3.49. The first kappa shape index (κ1) is 11.2. The molecule has 2 aliphatic carbocycles. The van der Waals surface area contributed by atoms with Crippen LogP contribution in [0.15, 0.2) is 12.2 Å². The molecule has 0 amide bonds.